The second-order valence-corrected chi connectivity index (χ2v) is 5.12. The monoisotopic (exact) mass is 314 g/mol. The number of aromatic nitrogens is 1. The summed E-state index contributed by atoms with van der Waals surface area (Å²) >= 11 is 1.40. The Labute approximate surface area is 132 Å². The number of nitrogens with one attached hydrogen (secondary N) is 2. The van der Waals surface area contributed by atoms with Crippen molar-refractivity contribution >= 4 is 28.1 Å². The highest BCUT2D eigenvalue weighted by atomic mass is 32.1. The minimum absolute atomic E-state index is 0.0567. The van der Waals surface area contributed by atoms with Gasteiger partial charge in [-0.3, -0.25) is 4.79 Å². The van der Waals surface area contributed by atoms with Crippen molar-refractivity contribution < 1.29 is 9.53 Å². The number of aryl methyl sites for hydroxylation is 1. The van der Waals surface area contributed by atoms with Gasteiger partial charge in [-0.25, -0.2) is 4.98 Å². The summed E-state index contributed by atoms with van der Waals surface area (Å²) in [4.78, 5) is 16.3. The third kappa shape index (κ3) is 3.84. The van der Waals surface area contributed by atoms with Crippen molar-refractivity contribution in [2.45, 2.75) is 6.92 Å². The standard InChI is InChI=1S/C15H14N4O2S/c1-10-9-22-15(18-10)17-8-11(7-16)14(20)19-12-5-3-4-6-13(12)21-2/h3-6,8-9H,1-2H3,(H,17,18)(H,19,20)/b11-8-. The fourth-order valence-electron chi connectivity index (χ4n) is 1.64. The van der Waals surface area contributed by atoms with Gasteiger partial charge in [-0.05, 0) is 19.1 Å². The number of nitriles is 1. The van der Waals surface area contributed by atoms with Gasteiger partial charge in [-0.15, -0.1) is 11.3 Å². The van der Waals surface area contributed by atoms with Crippen LogP contribution in [0.3, 0.4) is 0 Å². The van der Waals surface area contributed by atoms with Gasteiger partial charge in [-0.2, -0.15) is 5.26 Å². The molecule has 2 N–H and O–H groups in total. The second kappa shape index (κ2) is 7.24. The van der Waals surface area contributed by atoms with Crippen molar-refractivity contribution in [2.24, 2.45) is 0 Å². The number of hydrogen-bond acceptors (Lipinski definition) is 6. The van der Waals surface area contributed by atoms with Crippen molar-refractivity contribution in [1.29, 1.82) is 5.26 Å². The number of nitrogens with zero attached hydrogens (tertiary/aromatic N) is 2. The molecular formula is C15H14N4O2S. The van der Waals surface area contributed by atoms with Crippen LogP contribution in [0.4, 0.5) is 10.8 Å². The highest BCUT2D eigenvalue weighted by Gasteiger charge is 2.12. The lowest BCUT2D eigenvalue weighted by Crippen LogP contribution is -2.15. The van der Waals surface area contributed by atoms with E-state index in [0.717, 1.165) is 5.69 Å². The van der Waals surface area contributed by atoms with Crippen molar-refractivity contribution in [3.8, 4) is 11.8 Å². The number of methoxy groups -OCH3 is 1. The lowest BCUT2D eigenvalue weighted by atomic mass is 10.2. The molecule has 7 heteroatoms. The molecule has 0 bridgehead atoms. The third-order valence-electron chi connectivity index (χ3n) is 2.68. The average molecular weight is 314 g/mol. The van der Waals surface area contributed by atoms with Crippen LogP contribution in [-0.2, 0) is 4.79 Å². The highest BCUT2D eigenvalue weighted by Crippen LogP contribution is 2.23. The van der Waals surface area contributed by atoms with Gasteiger partial charge in [-0.1, -0.05) is 12.1 Å². The first kappa shape index (κ1) is 15.5. The molecule has 0 aliphatic heterocycles. The van der Waals surface area contributed by atoms with Crippen LogP contribution < -0.4 is 15.4 Å². The number of hydrogen-bond donors (Lipinski definition) is 2. The second-order valence-electron chi connectivity index (χ2n) is 4.26. The molecule has 0 fully saturated rings. The Balaban J connectivity index is 2.10. The molecule has 1 amide bonds. The van der Waals surface area contributed by atoms with Crippen LogP contribution in [0.25, 0.3) is 0 Å². The summed E-state index contributed by atoms with van der Waals surface area (Å²) in [6, 6.07) is 8.84. The molecule has 2 aromatic rings. The molecule has 22 heavy (non-hydrogen) atoms. The molecule has 0 aliphatic rings. The van der Waals surface area contributed by atoms with Gasteiger partial charge in [0, 0.05) is 11.6 Å². The maximum absolute atomic E-state index is 12.1. The van der Waals surface area contributed by atoms with E-state index in [0.29, 0.717) is 16.6 Å². The number of benzene rings is 1. The van der Waals surface area contributed by atoms with Gasteiger partial charge in [0.2, 0.25) is 0 Å². The van der Waals surface area contributed by atoms with E-state index in [-0.39, 0.29) is 5.57 Å². The molecule has 0 radical (unpaired) electrons. The molecular weight excluding hydrogens is 300 g/mol. The van der Waals surface area contributed by atoms with E-state index in [9.17, 15) is 4.79 Å². The molecule has 1 aromatic heterocycles. The fraction of sp³-hybridized carbons (Fsp3) is 0.133. The highest BCUT2D eigenvalue weighted by molar-refractivity contribution is 7.13. The Bertz CT molecular complexity index is 746. The summed E-state index contributed by atoms with van der Waals surface area (Å²) in [6.45, 7) is 1.87. The molecule has 0 aliphatic carbocycles. The van der Waals surface area contributed by atoms with Crippen molar-refractivity contribution in [3.05, 3.63) is 47.1 Å². The van der Waals surface area contributed by atoms with Crippen LogP contribution in [0.1, 0.15) is 5.69 Å². The lowest BCUT2D eigenvalue weighted by Gasteiger charge is -2.09. The third-order valence-corrected chi connectivity index (χ3v) is 3.57. The predicted molar refractivity (Wildman–Crippen MR) is 85.8 cm³/mol. The Hall–Kier alpha value is -2.85. The first-order valence-electron chi connectivity index (χ1n) is 6.37. The number of thiazole rings is 1. The van der Waals surface area contributed by atoms with Crippen LogP contribution >= 0.6 is 11.3 Å². The number of amides is 1. The number of anilines is 2. The zero-order chi connectivity index (χ0) is 15.9. The number of ether oxygens (including phenoxy) is 1. The van der Waals surface area contributed by atoms with E-state index in [4.69, 9.17) is 10.00 Å². The zero-order valence-electron chi connectivity index (χ0n) is 12.1. The van der Waals surface area contributed by atoms with E-state index in [1.807, 2.05) is 18.4 Å². The SMILES string of the molecule is COc1ccccc1NC(=O)/C(C#N)=C\Nc1nc(C)cs1. The molecule has 0 saturated heterocycles. The molecule has 0 atom stereocenters. The molecule has 0 unspecified atom stereocenters. The number of carbonyl (C=O) groups is 1. The number of carbonyl (C=O) groups excluding carboxylic acids is 1. The van der Waals surface area contributed by atoms with Gasteiger partial charge in [0.15, 0.2) is 5.13 Å². The Kier molecular flexibility index (Phi) is 5.11. The first-order valence-corrected chi connectivity index (χ1v) is 7.25. The van der Waals surface area contributed by atoms with E-state index in [2.05, 4.69) is 15.6 Å². The minimum Gasteiger partial charge on any atom is -0.495 e. The molecule has 1 heterocycles. The molecule has 1 aromatic carbocycles. The van der Waals surface area contributed by atoms with E-state index < -0.39 is 5.91 Å². The van der Waals surface area contributed by atoms with Gasteiger partial charge in [0.05, 0.1) is 18.5 Å². The zero-order valence-corrected chi connectivity index (χ0v) is 12.9. The van der Waals surface area contributed by atoms with Crippen LogP contribution in [0, 0.1) is 18.3 Å². The van der Waals surface area contributed by atoms with E-state index >= 15 is 0 Å². The van der Waals surface area contributed by atoms with E-state index in [1.54, 1.807) is 24.3 Å². The maximum Gasteiger partial charge on any atom is 0.267 e. The summed E-state index contributed by atoms with van der Waals surface area (Å²) < 4.78 is 5.15. The normalized spacial score (nSPS) is 10.7. The average Bonchev–Trinajstić information content (AvgIpc) is 2.94. The molecule has 6 nitrogen and oxygen atoms in total. The lowest BCUT2D eigenvalue weighted by molar-refractivity contribution is -0.112. The van der Waals surface area contributed by atoms with Gasteiger partial charge < -0.3 is 15.4 Å². The van der Waals surface area contributed by atoms with Gasteiger partial charge in [0.25, 0.3) is 5.91 Å². The summed E-state index contributed by atoms with van der Waals surface area (Å²) in [5.41, 5.74) is 1.32. The van der Waals surface area contributed by atoms with Crippen LogP contribution in [0.15, 0.2) is 41.4 Å². The molecule has 0 spiro atoms. The molecule has 112 valence electrons. The van der Waals surface area contributed by atoms with Crippen LogP contribution in [0.2, 0.25) is 0 Å². The van der Waals surface area contributed by atoms with Gasteiger partial charge in [0.1, 0.15) is 17.4 Å². The minimum atomic E-state index is -0.521. The predicted octanol–water partition coefficient (Wildman–Crippen LogP) is 2.92. The molecule has 0 saturated carbocycles. The maximum atomic E-state index is 12.1. The summed E-state index contributed by atoms with van der Waals surface area (Å²) in [5.74, 6) is 0.00410. The number of rotatable bonds is 5. The van der Waals surface area contributed by atoms with Gasteiger partial charge >= 0.3 is 0 Å². The quantitative estimate of drug-likeness (QED) is 0.654. The summed E-state index contributed by atoms with van der Waals surface area (Å²) in [5, 5.41) is 17.1. The van der Waals surface area contributed by atoms with Crippen LogP contribution in [0.5, 0.6) is 5.75 Å². The van der Waals surface area contributed by atoms with Crippen LogP contribution in [-0.4, -0.2) is 18.0 Å². The Morgan fingerprint density at radius 1 is 1.45 bits per heavy atom. The number of para-hydroxylation sites is 2. The Morgan fingerprint density at radius 3 is 2.86 bits per heavy atom. The topological polar surface area (TPSA) is 87.0 Å². The Morgan fingerprint density at radius 2 is 2.23 bits per heavy atom. The fourth-order valence-corrected chi connectivity index (χ4v) is 2.30. The van der Waals surface area contributed by atoms with Crippen molar-refractivity contribution in [2.75, 3.05) is 17.7 Å². The summed E-state index contributed by atoms with van der Waals surface area (Å²) in [6.07, 6.45) is 1.34. The van der Waals surface area contributed by atoms with Crippen molar-refractivity contribution in [1.82, 2.24) is 4.98 Å². The molecule has 2 rings (SSSR count). The smallest absolute Gasteiger partial charge is 0.267 e. The summed E-state index contributed by atoms with van der Waals surface area (Å²) in [7, 11) is 1.51. The first-order chi connectivity index (χ1) is 10.6. The van der Waals surface area contributed by atoms with E-state index in [1.165, 1.54) is 24.6 Å². The van der Waals surface area contributed by atoms with Crippen molar-refractivity contribution in [3.63, 3.8) is 0 Å². The largest absolute Gasteiger partial charge is 0.495 e.